The standard InChI is InChI=1S/C22H32FN3O3/c1-17(2)29-20-7-6-18(23)16-19(20)25-14-12-24(13-15-25)10-4-3-5-11-26-21(27)8-9-22(26)28/h6-9,16-17,27-28H,3-5,10-15H2,1-2H3. The zero-order valence-electron chi connectivity index (χ0n) is 17.4. The maximum Gasteiger partial charge on any atom is 0.193 e. The van der Waals surface area contributed by atoms with Gasteiger partial charge in [-0.05, 0) is 45.4 Å². The van der Waals surface area contributed by atoms with Gasteiger partial charge in [-0.15, -0.1) is 0 Å². The average molecular weight is 406 g/mol. The van der Waals surface area contributed by atoms with Gasteiger partial charge < -0.3 is 19.8 Å². The Hall–Kier alpha value is -2.41. The van der Waals surface area contributed by atoms with Crippen LogP contribution in [0.2, 0.25) is 0 Å². The second-order valence-electron chi connectivity index (χ2n) is 7.87. The van der Waals surface area contributed by atoms with Crippen LogP contribution in [0.4, 0.5) is 10.1 Å². The minimum Gasteiger partial charge on any atom is -0.494 e. The van der Waals surface area contributed by atoms with Crippen LogP contribution < -0.4 is 9.64 Å². The third-order valence-corrected chi connectivity index (χ3v) is 5.29. The number of aromatic nitrogens is 1. The summed E-state index contributed by atoms with van der Waals surface area (Å²) >= 11 is 0. The Kier molecular flexibility index (Phi) is 7.25. The van der Waals surface area contributed by atoms with E-state index in [1.54, 1.807) is 12.1 Å². The molecule has 0 atom stereocenters. The molecule has 2 heterocycles. The normalized spacial score (nSPS) is 15.2. The van der Waals surface area contributed by atoms with Crippen LogP contribution >= 0.6 is 0 Å². The Morgan fingerprint density at radius 3 is 2.24 bits per heavy atom. The van der Waals surface area contributed by atoms with Crippen molar-refractivity contribution in [1.82, 2.24) is 9.47 Å². The van der Waals surface area contributed by atoms with Crippen molar-refractivity contribution in [3.63, 3.8) is 0 Å². The quantitative estimate of drug-likeness (QED) is 0.621. The average Bonchev–Trinajstić information content (AvgIpc) is 3.01. The van der Waals surface area contributed by atoms with Crippen LogP contribution in [-0.4, -0.2) is 58.5 Å². The van der Waals surface area contributed by atoms with Crippen LogP contribution in [0.5, 0.6) is 17.5 Å². The Morgan fingerprint density at radius 1 is 0.931 bits per heavy atom. The number of hydrogen-bond acceptors (Lipinski definition) is 5. The number of anilines is 1. The molecule has 7 heteroatoms. The highest BCUT2D eigenvalue weighted by Crippen LogP contribution is 2.31. The van der Waals surface area contributed by atoms with Gasteiger partial charge >= 0.3 is 0 Å². The molecule has 0 unspecified atom stereocenters. The summed E-state index contributed by atoms with van der Waals surface area (Å²) in [4.78, 5) is 4.64. The molecule has 1 fully saturated rings. The second kappa shape index (κ2) is 9.87. The first-order valence-electron chi connectivity index (χ1n) is 10.4. The maximum atomic E-state index is 13.8. The monoisotopic (exact) mass is 405 g/mol. The minimum absolute atomic E-state index is 0.0517. The number of aromatic hydroxyl groups is 2. The molecular formula is C22H32FN3O3. The maximum absolute atomic E-state index is 13.8. The van der Waals surface area contributed by atoms with Crippen molar-refractivity contribution in [1.29, 1.82) is 0 Å². The van der Waals surface area contributed by atoms with Crippen molar-refractivity contribution in [3.8, 4) is 17.5 Å². The second-order valence-corrected chi connectivity index (χ2v) is 7.87. The molecule has 6 nitrogen and oxygen atoms in total. The zero-order valence-corrected chi connectivity index (χ0v) is 17.4. The number of unbranched alkanes of at least 4 members (excludes halogenated alkanes) is 2. The van der Waals surface area contributed by atoms with E-state index in [2.05, 4.69) is 9.80 Å². The Labute approximate surface area is 172 Å². The van der Waals surface area contributed by atoms with Crippen LogP contribution in [0.25, 0.3) is 0 Å². The predicted octanol–water partition coefficient (Wildman–Crippen LogP) is 3.82. The number of nitrogens with zero attached hydrogens (tertiary/aromatic N) is 3. The number of halogens is 1. The third kappa shape index (κ3) is 5.79. The highest BCUT2D eigenvalue weighted by molar-refractivity contribution is 5.59. The molecule has 29 heavy (non-hydrogen) atoms. The predicted molar refractivity (Wildman–Crippen MR) is 112 cm³/mol. The minimum atomic E-state index is -0.238. The summed E-state index contributed by atoms with van der Waals surface area (Å²) in [6.07, 6.45) is 3.07. The topological polar surface area (TPSA) is 61.1 Å². The smallest absolute Gasteiger partial charge is 0.193 e. The fourth-order valence-corrected chi connectivity index (χ4v) is 3.76. The summed E-state index contributed by atoms with van der Waals surface area (Å²) in [6.45, 7) is 9.18. The SMILES string of the molecule is CC(C)Oc1ccc(F)cc1N1CCN(CCCCCn2c(O)ccc2O)CC1. The summed E-state index contributed by atoms with van der Waals surface area (Å²) in [5, 5.41) is 19.3. The first kappa shape index (κ1) is 21.3. The highest BCUT2D eigenvalue weighted by Gasteiger charge is 2.20. The van der Waals surface area contributed by atoms with Gasteiger partial charge in [-0.2, -0.15) is 0 Å². The summed E-state index contributed by atoms with van der Waals surface area (Å²) in [7, 11) is 0. The Balaban J connectivity index is 1.41. The van der Waals surface area contributed by atoms with Gasteiger partial charge in [0.25, 0.3) is 0 Å². The summed E-state index contributed by atoms with van der Waals surface area (Å²) in [5.74, 6) is 0.721. The number of ether oxygens (including phenoxy) is 1. The van der Waals surface area contributed by atoms with Crippen molar-refractivity contribution in [2.75, 3.05) is 37.6 Å². The Morgan fingerprint density at radius 2 is 1.59 bits per heavy atom. The van der Waals surface area contributed by atoms with Crippen molar-refractivity contribution in [2.45, 2.75) is 45.8 Å². The number of rotatable bonds is 9. The van der Waals surface area contributed by atoms with Gasteiger partial charge in [0.2, 0.25) is 0 Å². The van der Waals surface area contributed by atoms with Crippen molar-refractivity contribution in [3.05, 3.63) is 36.1 Å². The fourth-order valence-electron chi connectivity index (χ4n) is 3.76. The lowest BCUT2D eigenvalue weighted by Crippen LogP contribution is -2.46. The van der Waals surface area contributed by atoms with Gasteiger partial charge in [-0.1, -0.05) is 6.42 Å². The van der Waals surface area contributed by atoms with Crippen LogP contribution in [0.15, 0.2) is 30.3 Å². The molecule has 2 N–H and O–H groups in total. The molecule has 0 radical (unpaired) electrons. The van der Waals surface area contributed by atoms with Crippen molar-refractivity contribution < 1.29 is 19.3 Å². The first-order valence-corrected chi connectivity index (χ1v) is 10.4. The van der Waals surface area contributed by atoms with Gasteiger partial charge in [-0.3, -0.25) is 9.47 Å². The van der Waals surface area contributed by atoms with E-state index < -0.39 is 0 Å². The van der Waals surface area contributed by atoms with Crippen molar-refractivity contribution >= 4 is 5.69 Å². The molecule has 1 saturated heterocycles. The molecule has 160 valence electrons. The summed E-state index contributed by atoms with van der Waals surface area (Å²) < 4.78 is 21.2. The molecule has 0 spiro atoms. The lowest BCUT2D eigenvalue weighted by molar-refractivity contribution is 0.236. The summed E-state index contributed by atoms with van der Waals surface area (Å²) in [6, 6.07) is 7.75. The fraction of sp³-hybridized carbons (Fsp3) is 0.545. The van der Waals surface area contributed by atoms with E-state index in [1.165, 1.54) is 22.8 Å². The molecule has 0 bridgehead atoms. The molecule has 1 aliphatic heterocycles. The molecule has 3 rings (SSSR count). The van der Waals surface area contributed by atoms with Crippen LogP contribution in [-0.2, 0) is 6.54 Å². The number of piperazine rings is 1. The van der Waals surface area contributed by atoms with E-state index in [-0.39, 0.29) is 23.7 Å². The van der Waals surface area contributed by atoms with Crippen LogP contribution in [0.1, 0.15) is 33.1 Å². The van der Waals surface area contributed by atoms with E-state index in [9.17, 15) is 14.6 Å². The molecule has 0 amide bonds. The van der Waals surface area contributed by atoms with Gasteiger partial charge in [0.05, 0.1) is 11.8 Å². The lowest BCUT2D eigenvalue weighted by Gasteiger charge is -2.37. The largest absolute Gasteiger partial charge is 0.494 e. The number of hydrogen-bond donors (Lipinski definition) is 2. The van der Waals surface area contributed by atoms with E-state index in [4.69, 9.17) is 4.74 Å². The van der Waals surface area contributed by atoms with Crippen LogP contribution in [0, 0.1) is 5.82 Å². The molecule has 0 aliphatic carbocycles. The van der Waals surface area contributed by atoms with Gasteiger partial charge in [0.15, 0.2) is 11.8 Å². The molecule has 0 saturated carbocycles. The van der Waals surface area contributed by atoms with Gasteiger partial charge in [0.1, 0.15) is 11.6 Å². The molecule has 1 aliphatic rings. The van der Waals surface area contributed by atoms with E-state index in [0.717, 1.165) is 63.4 Å². The molecule has 1 aromatic carbocycles. The third-order valence-electron chi connectivity index (χ3n) is 5.29. The van der Waals surface area contributed by atoms with Gasteiger partial charge in [0, 0.05) is 50.9 Å². The molecular weight excluding hydrogens is 373 g/mol. The zero-order chi connectivity index (χ0) is 20.8. The van der Waals surface area contributed by atoms with Crippen LogP contribution in [0.3, 0.4) is 0 Å². The Bertz CT molecular complexity index is 766. The first-order chi connectivity index (χ1) is 13.9. The van der Waals surface area contributed by atoms with Gasteiger partial charge in [-0.25, -0.2) is 4.39 Å². The highest BCUT2D eigenvalue weighted by atomic mass is 19.1. The van der Waals surface area contributed by atoms with E-state index >= 15 is 0 Å². The number of benzene rings is 1. The summed E-state index contributed by atoms with van der Waals surface area (Å²) in [5.41, 5.74) is 0.838. The van der Waals surface area contributed by atoms with E-state index in [0.29, 0.717) is 6.54 Å². The lowest BCUT2D eigenvalue weighted by atomic mass is 10.2. The van der Waals surface area contributed by atoms with Crippen molar-refractivity contribution in [2.24, 2.45) is 0 Å². The van der Waals surface area contributed by atoms with E-state index in [1.807, 2.05) is 13.8 Å². The molecule has 1 aromatic heterocycles. The molecule has 2 aromatic rings.